The summed E-state index contributed by atoms with van der Waals surface area (Å²) in [7, 11) is 1.59. The molecule has 1 amide bonds. The minimum atomic E-state index is -0.00409. The van der Waals surface area contributed by atoms with E-state index in [1.807, 2.05) is 83.8 Å². The average Bonchev–Trinajstić information content (AvgIpc) is 3.28. The van der Waals surface area contributed by atoms with Crippen LogP contribution in [0.3, 0.4) is 0 Å². The van der Waals surface area contributed by atoms with Crippen molar-refractivity contribution in [3.8, 4) is 11.5 Å². The fourth-order valence-corrected chi connectivity index (χ4v) is 4.66. The van der Waals surface area contributed by atoms with Crippen molar-refractivity contribution in [3.63, 3.8) is 0 Å². The maximum Gasteiger partial charge on any atom is 0.258 e. The van der Waals surface area contributed by atoms with Gasteiger partial charge in [-0.05, 0) is 35.4 Å². The number of amides is 1. The fourth-order valence-electron chi connectivity index (χ4n) is 3.40. The van der Waals surface area contributed by atoms with Gasteiger partial charge in [0, 0.05) is 12.3 Å². The maximum absolute atomic E-state index is 13.1. The van der Waals surface area contributed by atoms with Gasteiger partial charge in [0.05, 0.1) is 12.7 Å². The molecule has 1 heterocycles. The van der Waals surface area contributed by atoms with Crippen LogP contribution in [-0.4, -0.2) is 30.2 Å². The Morgan fingerprint density at radius 2 is 1.72 bits per heavy atom. The zero-order valence-corrected chi connectivity index (χ0v) is 17.1. The maximum atomic E-state index is 13.1. The number of methoxy groups -OCH3 is 1. The van der Waals surface area contributed by atoms with Gasteiger partial charge < -0.3 is 14.4 Å². The van der Waals surface area contributed by atoms with Gasteiger partial charge in [0.1, 0.15) is 23.5 Å². The second kappa shape index (κ2) is 9.05. The largest absolute Gasteiger partial charge is 0.496 e. The first-order valence-corrected chi connectivity index (χ1v) is 10.6. The molecular formula is C24H23NO3S. The highest BCUT2D eigenvalue weighted by atomic mass is 32.2. The zero-order valence-electron chi connectivity index (χ0n) is 16.3. The highest BCUT2D eigenvalue weighted by Gasteiger charge is 2.32. The van der Waals surface area contributed by atoms with Crippen LogP contribution in [0.4, 0.5) is 0 Å². The standard InChI is InChI=1S/C24H23NO3S/c1-27-22-10-6-5-9-21(22)23(26)25-15-16-29-24(25)19-11-13-20(14-12-19)28-17-18-7-3-2-4-8-18/h2-14,24H,15-17H2,1H3. The van der Waals surface area contributed by atoms with E-state index in [1.54, 1.807) is 18.9 Å². The average molecular weight is 406 g/mol. The highest BCUT2D eigenvalue weighted by Crippen LogP contribution is 2.40. The van der Waals surface area contributed by atoms with Crippen LogP contribution < -0.4 is 9.47 Å². The molecule has 1 aliphatic rings. The first kappa shape index (κ1) is 19.4. The van der Waals surface area contributed by atoms with Crippen LogP contribution in [0.1, 0.15) is 26.9 Å². The molecule has 0 radical (unpaired) electrons. The Kier molecular flexibility index (Phi) is 6.06. The van der Waals surface area contributed by atoms with E-state index in [4.69, 9.17) is 9.47 Å². The van der Waals surface area contributed by atoms with Gasteiger partial charge >= 0.3 is 0 Å². The van der Waals surface area contributed by atoms with Crippen molar-refractivity contribution in [2.45, 2.75) is 12.0 Å². The fraction of sp³-hybridized carbons (Fsp3) is 0.208. The quantitative estimate of drug-likeness (QED) is 0.568. The predicted octanol–water partition coefficient (Wildman–Crippen LogP) is 5.16. The number of hydrogen-bond donors (Lipinski definition) is 0. The van der Waals surface area contributed by atoms with E-state index >= 15 is 0 Å². The van der Waals surface area contributed by atoms with Crippen LogP contribution in [-0.2, 0) is 6.61 Å². The molecule has 0 spiro atoms. The van der Waals surface area contributed by atoms with Gasteiger partial charge in [-0.15, -0.1) is 11.8 Å². The Balaban J connectivity index is 1.46. The van der Waals surface area contributed by atoms with Crippen LogP contribution in [0.25, 0.3) is 0 Å². The van der Waals surface area contributed by atoms with Crippen LogP contribution >= 0.6 is 11.8 Å². The Labute approximate surface area is 175 Å². The van der Waals surface area contributed by atoms with E-state index in [0.29, 0.717) is 17.9 Å². The molecule has 29 heavy (non-hydrogen) atoms. The lowest BCUT2D eigenvalue weighted by molar-refractivity contribution is 0.0757. The molecule has 1 fully saturated rings. The highest BCUT2D eigenvalue weighted by molar-refractivity contribution is 7.99. The summed E-state index contributed by atoms with van der Waals surface area (Å²) >= 11 is 1.78. The molecule has 0 bridgehead atoms. The van der Waals surface area contributed by atoms with Crippen LogP contribution in [0, 0.1) is 0 Å². The molecule has 0 aliphatic carbocycles. The Morgan fingerprint density at radius 3 is 2.48 bits per heavy atom. The Morgan fingerprint density at radius 1 is 1.00 bits per heavy atom. The molecule has 148 valence electrons. The van der Waals surface area contributed by atoms with Crippen LogP contribution in [0.2, 0.25) is 0 Å². The van der Waals surface area contributed by atoms with Gasteiger partial charge in [0.25, 0.3) is 5.91 Å². The van der Waals surface area contributed by atoms with Gasteiger partial charge in [-0.2, -0.15) is 0 Å². The lowest BCUT2D eigenvalue weighted by Gasteiger charge is -2.25. The molecule has 4 nitrogen and oxygen atoms in total. The number of ether oxygens (including phenoxy) is 2. The smallest absolute Gasteiger partial charge is 0.258 e. The van der Waals surface area contributed by atoms with Gasteiger partial charge in [-0.25, -0.2) is 0 Å². The van der Waals surface area contributed by atoms with Gasteiger partial charge in [-0.3, -0.25) is 4.79 Å². The van der Waals surface area contributed by atoms with Crippen molar-refractivity contribution in [2.75, 3.05) is 19.4 Å². The lowest BCUT2D eigenvalue weighted by atomic mass is 10.1. The molecule has 0 aromatic heterocycles. The van der Waals surface area contributed by atoms with Crippen molar-refractivity contribution < 1.29 is 14.3 Å². The third-order valence-corrected chi connectivity index (χ3v) is 6.16. The minimum Gasteiger partial charge on any atom is -0.496 e. The third kappa shape index (κ3) is 4.40. The van der Waals surface area contributed by atoms with Crippen molar-refractivity contribution in [3.05, 3.63) is 95.6 Å². The third-order valence-electron chi connectivity index (χ3n) is 4.90. The number of nitrogens with zero attached hydrogens (tertiary/aromatic N) is 1. The van der Waals surface area contributed by atoms with E-state index < -0.39 is 0 Å². The van der Waals surface area contributed by atoms with Crippen LogP contribution in [0.5, 0.6) is 11.5 Å². The van der Waals surface area contributed by atoms with E-state index in [2.05, 4.69) is 0 Å². The molecule has 3 aromatic carbocycles. The van der Waals surface area contributed by atoms with Gasteiger partial charge in [0.15, 0.2) is 0 Å². The summed E-state index contributed by atoms with van der Waals surface area (Å²) in [6.45, 7) is 1.26. The SMILES string of the molecule is COc1ccccc1C(=O)N1CCSC1c1ccc(OCc2ccccc2)cc1. The lowest BCUT2D eigenvalue weighted by Crippen LogP contribution is -2.30. The molecule has 3 aromatic rings. The predicted molar refractivity (Wildman–Crippen MR) is 116 cm³/mol. The van der Waals surface area contributed by atoms with Crippen molar-refractivity contribution >= 4 is 17.7 Å². The van der Waals surface area contributed by atoms with Gasteiger partial charge in [0.2, 0.25) is 0 Å². The molecule has 1 atom stereocenters. The van der Waals surface area contributed by atoms with Crippen LogP contribution in [0.15, 0.2) is 78.9 Å². The number of carbonyl (C=O) groups is 1. The van der Waals surface area contributed by atoms with E-state index in [1.165, 1.54) is 0 Å². The number of benzene rings is 3. The second-order valence-corrected chi connectivity index (χ2v) is 7.95. The molecule has 0 saturated carbocycles. The normalized spacial score (nSPS) is 15.9. The van der Waals surface area contributed by atoms with Crippen molar-refractivity contribution in [2.24, 2.45) is 0 Å². The Hall–Kier alpha value is -2.92. The molecule has 1 unspecified atom stereocenters. The molecular weight excluding hydrogens is 382 g/mol. The summed E-state index contributed by atoms with van der Waals surface area (Å²) in [6, 6.07) is 25.5. The molecule has 1 saturated heterocycles. The number of para-hydroxylation sites is 1. The first-order valence-electron chi connectivity index (χ1n) is 9.58. The number of rotatable bonds is 6. The summed E-state index contributed by atoms with van der Waals surface area (Å²) in [4.78, 5) is 15.1. The van der Waals surface area contributed by atoms with Gasteiger partial charge in [-0.1, -0.05) is 54.6 Å². The monoisotopic (exact) mass is 405 g/mol. The number of thioether (sulfide) groups is 1. The number of hydrogen-bond acceptors (Lipinski definition) is 4. The molecule has 0 N–H and O–H groups in total. The minimum absolute atomic E-state index is 0.00172. The number of carbonyl (C=O) groups excluding carboxylic acids is 1. The Bertz CT molecular complexity index is 959. The van der Waals surface area contributed by atoms with Crippen molar-refractivity contribution in [1.82, 2.24) is 4.90 Å². The van der Waals surface area contributed by atoms with Crippen molar-refractivity contribution in [1.29, 1.82) is 0 Å². The molecule has 4 rings (SSSR count). The summed E-state index contributed by atoms with van der Waals surface area (Å²) in [5, 5.41) is -0.00409. The summed E-state index contributed by atoms with van der Waals surface area (Å²) in [5.41, 5.74) is 2.84. The second-order valence-electron chi connectivity index (χ2n) is 6.77. The summed E-state index contributed by atoms with van der Waals surface area (Å²) in [5.74, 6) is 2.35. The summed E-state index contributed by atoms with van der Waals surface area (Å²) in [6.07, 6.45) is 0. The van der Waals surface area contributed by atoms with E-state index in [9.17, 15) is 4.79 Å². The zero-order chi connectivity index (χ0) is 20.1. The van der Waals surface area contributed by atoms with E-state index in [0.717, 1.165) is 29.2 Å². The topological polar surface area (TPSA) is 38.8 Å². The molecule has 5 heteroatoms. The molecule has 1 aliphatic heterocycles. The summed E-state index contributed by atoms with van der Waals surface area (Å²) < 4.78 is 11.3. The first-order chi connectivity index (χ1) is 14.3. The van der Waals surface area contributed by atoms with E-state index in [-0.39, 0.29) is 11.3 Å².